The van der Waals surface area contributed by atoms with E-state index in [2.05, 4.69) is 4.98 Å². The van der Waals surface area contributed by atoms with E-state index in [9.17, 15) is 13.2 Å². The van der Waals surface area contributed by atoms with Crippen LogP contribution in [0.5, 0.6) is 0 Å². The number of hydrogen-bond acceptors (Lipinski definition) is 1. The summed E-state index contributed by atoms with van der Waals surface area (Å²) in [7, 11) is 0. The number of fused-ring (bicyclic) bond motifs is 2. The van der Waals surface area contributed by atoms with Gasteiger partial charge >= 0.3 is 6.18 Å². The Labute approximate surface area is 113 Å². The molecule has 0 radical (unpaired) electrons. The number of rotatable bonds is 0. The molecule has 0 atom stereocenters. The second-order valence-electron chi connectivity index (χ2n) is 4.78. The highest BCUT2D eigenvalue weighted by atomic mass is 35.5. The largest absolute Gasteiger partial charge is 0.417 e. The van der Waals surface area contributed by atoms with Gasteiger partial charge in [0.15, 0.2) is 0 Å². The Morgan fingerprint density at radius 2 is 1.84 bits per heavy atom. The number of halogens is 4. The highest BCUT2D eigenvalue weighted by Gasteiger charge is 2.37. The van der Waals surface area contributed by atoms with E-state index >= 15 is 0 Å². The van der Waals surface area contributed by atoms with Crippen LogP contribution in [0.15, 0.2) is 18.2 Å². The molecule has 1 aromatic heterocycles. The molecular formula is C14H11ClF3N. The van der Waals surface area contributed by atoms with Crippen molar-refractivity contribution >= 4 is 22.5 Å². The lowest BCUT2D eigenvalue weighted by Crippen LogP contribution is -2.16. The molecule has 0 aliphatic heterocycles. The van der Waals surface area contributed by atoms with Crippen molar-refractivity contribution in [2.24, 2.45) is 0 Å². The van der Waals surface area contributed by atoms with Crippen LogP contribution in [0, 0.1) is 0 Å². The first-order chi connectivity index (χ1) is 8.97. The molecule has 1 aliphatic rings. The lowest BCUT2D eigenvalue weighted by molar-refractivity contribution is -0.137. The molecule has 1 heterocycles. The normalized spacial score (nSPS) is 15.6. The maximum atomic E-state index is 13.4. The molecule has 1 nitrogen and oxygen atoms in total. The van der Waals surface area contributed by atoms with Crippen LogP contribution < -0.4 is 0 Å². The average molecular weight is 286 g/mol. The van der Waals surface area contributed by atoms with Crippen LogP contribution >= 0.6 is 11.6 Å². The van der Waals surface area contributed by atoms with Gasteiger partial charge in [0.2, 0.25) is 0 Å². The molecule has 0 saturated heterocycles. The Kier molecular flexibility index (Phi) is 2.93. The minimum atomic E-state index is -4.37. The Morgan fingerprint density at radius 3 is 2.58 bits per heavy atom. The van der Waals surface area contributed by atoms with Gasteiger partial charge in [0.1, 0.15) is 0 Å². The van der Waals surface area contributed by atoms with Crippen molar-refractivity contribution in [2.45, 2.75) is 31.9 Å². The van der Waals surface area contributed by atoms with Gasteiger partial charge in [-0.05, 0) is 49.4 Å². The second kappa shape index (κ2) is 4.37. The predicted octanol–water partition coefficient (Wildman–Crippen LogP) is 4.79. The second-order valence-corrected chi connectivity index (χ2v) is 5.21. The van der Waals surface area contributed by atoms with Crippen LogP contribution in [0.25, 0.3) is 10.9 Å². The molecule has 100 valence electrons. The molecule has 0 spiro atoms. The zero-order chi connectivity index (χ0) is 13.6. The highest BCUT2D eigenvalue weighted by molar-refractivity contribution is 6.31. The van der Waals surface area contributed by atoms with Crippen molar-refractivity contribution in [1.82, 2.24) is 4.98 Å². The molecule has 5 heteroatoms. The molecule has 0 unspecified atom stereocenters. The molecule has 0 amide bonds. The van der Waals surface area contributed by atoms with E-state index in [1.807, 2.05) is 0 Å². The summed E-state index contributed by atoms with van der Waals surface area (Å²) in [6, 6.07) is 4.50. The van der Waals surface area contributed by atoms with Crippen molar-refractivity contribution in [2.75, 3.05) is 0 Å². The lowest BCUT2D eigenvalue weighted by atomic mass is 9.89. The van der Waals surface area contributed by atoms with Crippen LogP contribution in [0.4, 0.5) is 13.2 Å². The predicted molar refractivity (Wildman–Crippen MR) is 68.4 cm³/mol. The van der Waals surface area contributed by atoms with Crippen molar-refractivity contribution < 1.29 is 13.2 Å². The van der Waals surface area contributed by atoms with E-state index < -0.39 is 11.7 Å². The van der Waals surface area contributed by atoms with Gasteiger partial charge in [0.05, 0.1) is 11.1 Å². The van der Waals surface area contributed by atoms with Crippen LogP contribution in [-0.4, -0.2) is 4.98 Å². The Bertz CT molecular complexity index is 649. The van der Waals surface area contributed by atoms with Crippen molar-refractivity contribution in [3.63, 3.8) is 0 Å². The fourth-order valence-electron chi connectivity index (χ4n) is 2.72. The Balaban J connectivity index is 2.41. The third-order valence-electron chi connectivity index (χ3n) is 3.51. The zero-order valence-corrected chi connectivity index (χ0v) is 10.8. The summed E-state index contributed by atoms with van der Waals surface area (Å²) >= 11 is 5.83. The summed E-state index contributed by atoms with van der Waals surface area (Å²) in [6.45, 7) is 0. The van der Waals surface area contributed by atoms with E-state index in [1.54, 1.807) is 12.1 Å². The van der Waals surface area contributed by atoms with Gasteiger partial charge in [-0.25, -0.2) is 0 Å². The van der Waals surface area contributed by atoms with E-state index in [1.165, 1.54) is 6.07 Å². The van der Waals surface area contributed by atoms with Gasteiger partial charge in [0.25, 0.3) is 0 Å². The van der Waals surface area contributed by atoms with E-state index in [4.69, 9.17) is 11.6 Å². The molecule has 0 bridgehead atoms. The monoisotopic (exact) mass is 285 g/mol. The zero-order valence-electron chi connectivity index (χ0n) is 10.0. The number of aryl methyl sites for hydroxylation is 1. The van der Waals surface area contributed by atoms with Crippen LogP contribution in [0.1, 0.15) is 29.7 Å². The quantitative estimate of drug-likeness (QED) is 0.678. The molecule has 1 aliphatic carbocycles. The summed E-state index contributed by atoms with van der Waals surface area (Å²) in [5, 5.41) is 0.413. The number of hydrogen-bond donors (Lipinski definition) is 0. The van der Waals surface area contributed by atoms with Crippen LogP contribution in [-0.2, 0) is 19.0 Å². The first kappa shape index (κ1) is 12.7. The molecule has 1 aromatic carbocycles. The lowest BCUT2D eigenvalue weighted by Gasteiger charge is -2.22. The summed E-state index contributed by atoms with van der Waals surface area (Å²) < 4.78 is 40.1. The number of alkyl halides is 3. The SMILES string of the molecule is FC(F)(F)c1c2c(nc3ccc(Cl)cc13)CCCC2. The van der Waals surface area contributed by atoms with Crippen molar-refractivity contribution in [3.05, 3.63) is 40.0 Å². The molecule has 0 saturated carbocycles. The molecule has 2 aromatic rings. The fraction of sp³-hybridized carbons (Fsp3) is 0.357. The third kappa shape index (κ3) is 2.18. The summed E-state index contributed by atoms with van der Waals surface area (Å²) in [4.78, 5) is 4.37. The maximum absolute atomic E-state index is 13.4. The maximum Gasteiger partial charge on any atom is 0.417 e. The van der Waals surface area contributed by atoms with E-state index in [0.29, 0.717) is 34.6 Å². The summed E-state index contributed by atoms with van der Waals surface area (Å²) in [6.07, 6.45) is -1.62. The van der Waals surface area contributed by atoms with Gasteiger partial charge in [-0.3, -0.25) is 4.98 Å². The molecule has 3 rings (SSSR count). The summed E-state index contributed by atoms with van der Waals surface area (Å²) in [5.41, 5.74) is 0.772. The molecule has 0 fully saturated rings. The smallest absolute Gasteiger partial charge is 0.253 e. The fourth-order valence-corrected chi connectivity index (χ4v) is 2.89. The minimum absolute atomic E-state index is 0.112. The number of aromatic nitrogens is 1. The molecule has 19 heavy (non-hydrogen) atoms. The van der Waals surface area contributed by atoms with Gasteiger partial charge in [-0.15, -0.1) is 0 Å². The standard InChI is InChI=1S/C14H11ClF3N/c15-8-5-6-12-10(7-8)13(14(16,17)18)9-3-1-2-4-11(9)19-12/h5-7H,1-4H2. The first-order valence-electron chi connectivity index (χ1n) is 6.15. The minimum Gasteiger partial charge on any atom is -0.253 e. The number of pyridine rings is 1. The van der Waals surface area contributed by atoms with Crippen molar-refractivity contribution in [1.29, 1.82) is 0 Å². The Morgan fingerprint density at radius 1 is 1.11 bits per heavy atom. The van der Waals surface area contributed by atoms with Gasteiger partial charge in [-0.1, -0.05) is 11.6 Å². The number of nitrogens with zero attached hydrogens (tertiary/aromatic N) is 1. The summed E-state index contributed by atoms with van der Waals surface area (Å²) in [5.74, 6) is 0. The van der Waals surface area contributed by atoms with Gasteiger partial charge in [0, 0.05) is 16.1 Å². The molecular weight excluding hydrogens is 275 g/mol. The topological polar surface area (TPSA) is 12.9 Å². The first-order valence-corrected chi connectivity index (χ1v) is 6.53. The van der Waals surface area contributed by atoms with Crippen molar-refractivity contribution in [3.8, 4) is 0 Å². The van der Waals surface area contributed by atoms with Gasteiger partial charge < -0.3 is 0 Å². The third-order valence-corrected chi connectivity index (χ3v) is 3.74. The highest BCUT2D eigenvalue weighted by Crippen LogP contribution is 2.40. The van der Waals surface area contributed by atoms with Gasteiger partial charge in [-0.2, -0.15) is 13.2 Å². The van der Waals surface area contributed by atoms with Crippen LogP contribution in [0.2, 0.25) is 5.02 Å². The number of benzene rings is 1. The average Bonchev–Trinajstić information content (AvgIpc) is 2.34. The molecule has 0 N–H and O–H groups in total. The van der Waals surface area contributed by atoms with E-state index in [0.717, 1.165) is 12.8 Å². The van der Waals surface area contributed by atoms with E-state index in [-0.39, 0.29) is 5.39 Å². The van der Waals surface area contributed by atoms with Crippen LogP contribution in [0.3, 0.4) is 0 Å². The Hall–Kier alpha value is -1.29.